The molecule has 19 heavy (non-hydrogen) atoms. The van der Waals surface area contributed by atoms with Crippen molar-refractivity contribution in [3.8, 4) is 0 Å². The average Bonchev–Trinajstić information content (AvgIpc) is 3.24. The first-order chi connectivity index (χ1) is 9.24. The van der Waals surface area contributed by atoms with Crippen molar-refractivity contribution < 1.29 is 4.39 Å². The van der Waals surface area contributed by atoms with Crippen molar-refractivity contribution >= 4 is 21.7 Å². The number of nitrogens with zero attached hydrogens (tertiary/aromatic N) is 2. The quantitative estimate of drug-likeness (QED) is 0.926. The van der Waals surface area contributed by atoms with Gasteiger partial charge in [0.1, 0.15) is 18.0 Å². The molecule has 1 fully saturated rings. The topological polar surface area (TPSA) is 37.8 Å². The van der Waals surface area contributed by atoms with E-state index in [-0.39, 0.29) is 11.9 Å². The number of anilines is 1. The second kappa shape index (κ2) is 5.25. The van der Waals surface area contributed by atoms with Crippen LogP contribution in [0.25, 0.3) is 0 Å². The maximum absolute atomic E-state index is 13.0. The molecule has 3 rings (SSSR count). The fraction of sp³-hybridized carbons (Fsp3) is 0.286. The van der Waals surface area contributed by atoms with E-state index in [2.05, 4.69) is 31.2 Å². The maximum atomic E-state index is 13.0. The Morgan fingerprint density at radius 2 is 2.00 bits per heavy atom. The number of rotatable bonds is 4. The molecule has 2 aromatic rings. The molecule has 0 bridgehead atoms. The summed E-state index contributed by atoms with van der Waals surface area (Å²) in [6.07, 6.45) is 5.61. The number of nitrogens with one attached hydrogen (secondary N) is 1. The summed E-state index contributed by atoms with van der Waals surface area (Å²) < 4.78 is 13.8. The van der Waals surface area contributed by atoms with Crippen LogP contribution in [0.15, 0.2) is 41.3 Å². The minimum absolute atomic E-state index is 0.173. The fourth-order valence-electron chi connectivity index (χ4n) is 2.14. The molecule has 0 amide bonds. The van der Waals surface area contributed by atoms with Gasteiger partial charge in [-0.1, -0.05) is 12.1 Å². The van der Waals surface area contributed by atoms with E-state index in [0.29, 0.717) is 5.92 Å². The van der Waals surface area contributed by atoms with Crippen LogP contribution in [0, 0.1) is 11.7 Å². The first-order valence-corrected chi connectivity index (χ1v) is 7.01. The van der Waals surface area contributed by atoms with Crippen molar-refractivity contribution in [3.05, 3.63) is 52.6 Å². The molecule has 1 aliphatic rings. The highest BCUT2D eigenvalue weighted by Crippen LogP contribution is 2.43. The van der Waals surface area contributed by atoms with Crippen molar-refractivity contribution in [1.29, 1.82) is 0 Å². The van der Waals surface area contributed by atoms with Gasteiger partial charge in [0.2, 0.25) is 0 Å². The van der Waals surface area contributed by atoms with Crippen molar-refractivity contribution in [2.24, 2.45) is 5.92 Å². The van der Waals surface area contributed by atoms with Gasteiger partial charge in [-0.3, -0.25) is 0 Å². The Bertz CT molecular complexity index is 569. The van der Waals surface area contributed by atoms with E-state index in [1.165, 1.54) is 31.3 Å². The lowest BCUT2D eigenvalue weighted by atomic mass is 10.0. The maximum Gasteiger partial charge on any atom is 0.144 e. The van der Waals surface area contributed by atoms with Gasteiger partial charge in [0.05, 0.1) is 10.5 Å². The third-order valence-electron chi connectivity index (χ3n) is 3.28. The van der Waals surface area contributed by atoms with Crippen molar-refractivity contribution in [2.45, 2.75) is 18.9 Å². The standard InChI is InChI=1S/C14H13BrFN3/c15-12-7-17-8-18-14(12)19-13(9-1-2-9)10-3-5-11(16)6-4-10/h3-9,13H,1-2H2,(H,17,18,19). The molecule has 1 N–H and O–H groups in total. The highest BCUT2D eigenvalue weighted by molar-refractivity contribution is 9.10. The molecular formula is C14H13BrFN3. The highest BCUT2D eigenvalue weighted by atomic mass is 79.9. The van der Waals surface area contributed by atoms with Crippen LogP contribution in [-0.4, -0.2) is 9.97 Å². The van der Waals surface area contributed by atoms with E-state index in [9.17, 15) is 4.39 Å². The zero-order valence-corrected chi connectivity index (χ0v) is 11.8. The van der Waals surface area contributed by atoms with Gasteiger partial charge in [0.15, 0.2) is 0 Å². The Morgan fingerprint density at radius 1 is 1.26 bits per heavy atom. The fourth-order valence-corrected chi connectivity index (χ4v) is 2.47. The lowest BCUT2D eigenvalue weighted by Gasteiger charge is -2.20. The Balaban J connectivity index is 1.86. The van der Waals surface area contributed by atoms with Crippen LogP contribution >= 0.6 is 15.9 Å². The third kappa shape index (κ3) is 2.92. The number of benzene rings is 1. The van der Waals surface area contributed by atoms with Gasteiger partial charge >= 0.3 is 0 Å². The minimum Gasteiger partial charge on any atom is -0.362 e. The summed E-state index contributed by atoms with van der Waals surface area (Å²) in [5, 5.41) is 3.42. The zero-order chi connectivity index (χ0) is 13.2. The van der Waals surface area contributed by atoms with Crippen LogP contribution in [0.1, 0.15) is 24.4 Å². The van der Waals surface area contributed by atoms with Gasteiger partial charge in [-0.2, -0.15) is 0 Å². The van der Waals surface area contributed by atoms with Crippen LogP contribution in [0.2, 0.25) is 0 Å². The number of aromatic nitrogens is 2. The normalized spacial score (nSPS) is 16.1. The molecular weight excluding hydrogens is 309 g/mol. The second-order valence-electron chi connectivity index (χ2n) is 4.73. The predicted molar refractivity (Wildman–Crippen MR) is 75.2 cm³/mol. The minimum atomic E-state index is -0.207. The smallest absolute Gasteiger partial charge is 0.144 e. The largest absolute Gasteiger partial charge is 0.362 e. The van der Waals surface area contributed by atoms with Gasteiger partial charge in [-0.05, 0) is 52.4 Å². The molecule has 1 heterocycles. The molecule has 1 aromatic heterocycles. The summed E-state index contributed by atoms with van der Waals surface area (Å²) in [6.45, 7) is 0. The predicted octanol–water partition coefficient (Wildman–Crippen LogP) is 3.94. The van der Waals surface area contributed by atoms with Gasteiger partial charge < -0.3 is 5.32 Å². The summed E-state index contributed by atoms with van der Waals surface area (Å²) in [6, 6.07) is 6.84. The lowest BCUT2D eigenvalue weighted by molar-refractivity contribution is 0.622. The summed E-state index contributed by atoms with van der Waals surface area (Å²) in [5.41, 5.74) is 1.09. The van der Waals surface area contributed by atoms with E-state index in [4.69, 9.17) is 0 Å². The molecule has 1 atom stereocenters. The van der Waals surface area contributed by atoms with E-state index in [0.717, 1.165) is 15.9 Å². The molecule has 98 valence electrons. The van der Waals surface area contributed by atoms with Crippen LogP contribution in [0.3, 0.4) is 0 Å². The molecule has 0 radical (unpaired) electrons. The molecule has 0 saturated heterocycles. The molecule has 3 nitrogen and oxygen atoms in total. The van der Waals surface area contributed by atoms with Crippen LogP contribution < -0.4 is 5.32 Å². The third-order valence-corrected chi connectivity index (χ3v) is 3.86. The summed E-state index contributed by atoms with van der Waals surface area (Å²) in [7, 11) is 0. The van der Waals surface area contributed by atoms with E-state index >= 15 is 0 Å². The van der Waals surface area contributed by atoms with Crippen molar-refractivity contribution in [1.82, 2.24) is 9.97 Å². The number of hydrogen-bond donors (Lipinski definition) is 1. The van der Waals surface area contributed by atoms with E-state index in [1.54, 1.807) is 6.20 Å². The molecule has 5 heteroatoms. The zero-order valence-electron chi connectivity index (χ0n) is 10.2. The molecule has 0 spiro atoms. The Labute approximate surface area is 119 Å². The van der Waals surface area contributed by atoms with Crippen LogP contribution in [0.4, 0.5) is 10.2 Å². The first kappa shape index (κ1) is 12.5. The molecule has 1 aromatic carbocycles. The summed E-state index contributed by atoms with van der Waals surface area (Å²) in [4.78, 5) is 8.18. The van der Waals surface area contributed by atoms with Crippen LogP contribution in [0.5, 0.6) is 0 Å². The average molecular weight is 322 g/mol. The van der Waals surface area contributed by atoms with Gasteiger partial charge in [-0.15, -0.1) is 0 Å². The Hall–Kier alpha value is -1.49. The lowest BCUT2D eigenvalue weighted by Crippen LogP contribution is -2.14. The van der Waals surface area contributed by atoms with Gasteiger partial charge in [0, 0.05) is 6.20 Å². The summed E-state index contributed by atoms with van der Waals surface area (Å²) in [5.74, 6) is 1.16. The second-order valence-corrected chi connectivity index (χ2v) is 5.58. The Morgan fingerprint density at radius 3 is 2.63 bits per heavy atom. The van der Waals surface area contributed by atoms with Crippen LogP contribution in [-0.2, 0) is 0 Å². The summed E-state index contributed by atoms with van der Waals surface area (Å²) >= 11 is 3.43. The molecule has 1 unspecified atom stereocenters. The molecule has 1 aliphatic carbocycles. The van der Waals surface area contributed by atoms with Gasteiger partial charge in [0.25, 0.3) is 0 Å². The van der Waals surface area contributed by atoms with Crippen molar-refractivity contribution in [2.75, 3.05) is 5.32 Å². The van der Waals surface area contributed by atoms with Gasteiger partial charge in [-0.25, -0.2) is 14.4 Å². The Kier molecular flexibility index (Phi) is 3.46. The SMILES string of the molecule is Fc1ccc(C(Nc2ncncc2Br)C2CC2)cc1. The first-order valence-electron chi connectivity index (χ1n) is 6.21. The van der Waals surface area contributed by atoms with E-state index in [1.807, 2.05) is 12.1 Å². The molecule has 0 aliphatic heterocycles. The monoisotopic (exact) mass is 321 g/mol. The number of hydrogen-bond acceptors (Lipinski definition) is 3. The molecule has 1 saturated carbocycles. The highest BCUT2D eigenvalue weighted by Gasteiger charge is 2.32. The van der Waals surface area contributed by atoms with E-state index < -0.39 is 0 Å². The number of halogens is 2. The van der Waals surface area contributed by atoms with Crippen molar-refractivity contribution in [3.63, 3.8) is 0 Å².